The molecule has 162 valence electrons. The zero-order valence-corrected chi connectivity index (χ0v) is 18.4. The van der Waals surface area contributed by atoms with E-state index in [1.54, 1.807) is 32.4 Å². The van der Waals surface area contributed by atoms with E-state index in [9.17, 15) is 10.1 Å². The van der Waals surface area contributed by atoms with Crippen molar-refractivity contribution in [3.8, 4) is 22.6 Å². The van der Waals surface area contributed by atoms with Gasteiger partial charge in [0.15, 0.2) is 0 Å². The average molecular weight is 441 g/mol. The molecule has 1 aromatic heterocycles. The molecule has 0 N–H and O–H groups in total. The molecule has 0 spiro atoms. The van der Waals surface area contributed by atoms with Crippen molar-refractivity contribution in [2.24, 2.45) is 0 Å². The fourth-order valence-electron chi connectivity index (χ4n) is 4.00. The molecular weight excluding hydrogens is 416 g/mol. The summed E-state index contributed by atoms with van der Waals surface area (Å²) in [6, 6.07) is 9.34. The van der Waals surface area contributed by atoms with Crippen LogP contribution in [0.3, 0.4) is 0 Å². The first kappa shape index (κ1) is 22.4. The molecule has 3 aromatic rings. The van der Waals surface area contributed by atoms with Gasteiger partial charge in [-0.25, -0.2) is 0 Å². The second-order valence-corrected chi connectivity index (χ2v) is 7.58. The van der Waals surface area contributed by atoms with Crippen molar-refractivity contribution in [1.82, 2.24) is 4.57 Å². The number of methoxy groups -OCH3 is 2. The van der Waals surface area contributed by atoms with Crippen molar-refractivity contribution in [2.45, 2.75) is 18.9 Å². The van der Waals surface area contributed by atoms with E-state index in [0.29, 0.717) is 29.5 Å². The minimum Gasteiger partial charge on any atom is -0.496 e. The number of nitro groups is 1. The molecule has 6 nitrogen and oxygen atoms in total. The lowest BCUT2D eigenvalue weighted by Crippen LogP contribution is -2.15. The Morgan fingerprint density at radius 2 is 1.84 bits per heavy atom. The first-order valence-corrected chi connectivity index (χ1v) is 10.2. The van der Waals surface area contributed by atoms with Crippen molar-refractivity contribution in [3.05, 3.63) is 82.5 Å². The van der Waals surface area contributed by atoms with Crippen LogP contribution in [0.5, 0.6) is 11.5 Å². The molecule has 0 radical (unpaired) electrons. The molecule has 0 fully saturated rings. The van der Waals surface area contributed by atoms with Gasteiger partial charge in [0, 0.05) is 39.9 Å². The quantitative estimate of drug-likeness (QED) is 0.217. The van der Waals surface area contributed by atoms with E-state index in [4.69, 9.17) is 21.1 Å². The van der Waals surface area contributed by atoms with Crippen LogP contribution in [-0.2, 0) is 6.54 Å². The number of halogens is 1. The van der Waals surface area contributed by atoms with Gasteiger partial charge < -0.3 is 14.0 Å². The van der Waals surface area contributed by atoms with Gasteiger partial charge in [0.2, 0.25) is 6.54 Å². The van der Waals surface area contributed by atoms with Crippen LogP contribution in [-0.4, -0.2) is 30.3 Å². The second kappa shape index (κ2) is 9.71. The van der Waals surface area contributed by atoms with E-state index in [1.165, 1.54) is 0 Å². The lowest BCUT2D eigenvalue weighted by molar-refractivity contribution is -0.483. The van der Waals surface area contributed by atoms with Crippen molar-refractivity contribution in [3.63, 3.8) is 0 Å². The number of nitrogens with zero attached hydrogens (tertiary/aromatic N) is 2. The summed E-state index contributed by atoms with van der Waals surface area (Å²) in [5.41, 5.74) is 3.49. The number of hydrogen-bond donors (Lipinski definition) is 0. The Hall–Kier alpha value is -3.25. The summed E-state index contributed by atoms with van der Waals surface area (Å²) in [5, 5.41) is 13.0. The van der Waals surface area contributed by atoms with E-state index in [-0.39, 0.29) is 11.5 Å². The fraction of sp³-hybridized carbons (Fsp3) is 0.250. The zero-order valence-electron chi connectivity index (χ0n) is 17.6. The molecule has 0 aliphatic heterocycles. The maximum atomic E-state index is 11.5. The number of hydrogen-bond acceptors (Lipinski definition) is 4. The molecule has 3 rings (SSSR count). The fourth-order valence-corrected chi connectivity index (χ4v) is 4.13. The van der Waals surface area contributed by atoms with Gasteiger partial charge in [-0.2, -0.15) is 0 Å². The van der Waals surface area contributed by atoms with Crippen LogP contribution in [0.25, 0.3) is 22.0 Å². The molecule has 31 heavy (non-hydrogen) atoms. The van der Waals surface area contributed by atoms with Gasteiger partial charge >= 0.3 is 0 Å². The Morgan fingerprint density at radius 3 is 2.39 bits per heavy atom. The molecule has 1 unspecified atom stereocenters. The molecule has 0 aliphatic carbocycles. The van der Waals surface area contributed by atoms with E-state index in [0.717, 1.165) is 27.6 Å². The third kappa shape index (κ3) is 4.44. The SMILES string of the molecule is C=CCC(C[N+](=O)[O-])c1c(OC)cc(OC)c2c(-c3ccc(Cl)cc3)cn(CC=C)c12. The van der Waals surface area contributed by atoms with Crippen LogP contribution in [0, 0.1) is 10.1 Å². The number of benzene rings is 2. The Labute approximate surface area is 186 Å². The van der Waals surface area contributed by atoms with Crippen LogP contribution in [0.15, 0.2) is 61.8 Å². The second-order valence-electron chi connectivity index (χ2n) is 7.15. The minimum atomic E-state index is -0.410. The Kier molecular flexibility index (Phi) is 7.02. The number of aromatic nitrogens is 1. The smallest absolute Gasteiger partial charge is 0.211 e. The predicted molar refractivity (Wildman–Crippen MR) is 125 cm³/mol. The topological polar surface area (TPSA) is 66.5 Å². The van der Waals surface area contributed by atoms with E-state index >= 15 is 0 Å². The van der Waals surface area contributed by atoms with Crippen molar-refractivity contribution >= 4 is 22.5 Å². The van der Waals surface area contributed by atoms with Gasteiger partial charge in [0.05, 0.1) is 31.0 Å². The van der Waals surface area contributed by atoms with Crippen LogP contribution >= 0.6 is 11.6 Å². The average Bonchev–Trinajstić information content (AvgIpc) is 3.12. The maximum absolute atomic E-state index is 11.5. The molecule has 0 saturated heterocycles. The number of fused-ring (bicyclic) bond motifs is 1. The van der Waals surface area contributed by atoms with Gasteiger partial charge in [0.1, 0.15) is 11.5 Å². The molecule has 0 amide bonds. The Bertz CT molecular complexity index is 1120. The molecule has 1 atom stereocenters. The lowest BCUT2D eigenvalue weighted by atomic mass is 9.91. The van der Waals surface area contributed by atoms with Crippen molar-refractivity contribution in [2.75, 3.05) is 20.8 Å². The van der Waals surface area contributed by atoms with Gasteiger partial charge in [-0.15, -0.1) is 13.2 Å². The summed E-state index contributed by atoms with van der Waals surface area (Å²) >= 11 is 6.09. The highest BCUT2D eigenvalue weighted by atomic mass is 35.5. The van der Waals surface area contributed by atoms with Crippen LogP contribution < -0.4 is 9.47 Å². The molecule has 1 heterocycles. The number of allylic oxidation sites excluding steroid dienone is 2. The van der Waals surface area contributed by atoms with Crippen LogP contribution in [0.1, 0.15) is 17.9 Å². The minimum absolute atomic E-state index is 0.237. The summed E-state index contributed by atoms with van der Waals surface area (Å²) in [6.45, 7) is 7.96. The lowest BCUT2D eigenvalue weighted by Gasteiger charge is -2.20. The summed E-state index contributed by atoms with van der Waals surface area (Å²) in [4.78, 5) is 11.2. The largest absolute Gasteiger partial charge is 0.496 e. The molecule has 0 saturated carbocycles. The predicted octanol–water partition coefficient (Wildman–Crippen LogP) is 6.10. The highest BCUT2D eigenvalue weighted by molar-refractivity contribution is 6.30. The standard InChI is InChI=1S/C24H25ClN2O4/c1-5-7-17(14-27(28)29)22-20(30-3)13-21(31-4)23-19(15-26(12-6-2)24(22)23)16-8-10-18(25)11-9-16/h5-6,8-11,13,15,17H,1-2,7,12,14H2,3-4H3. The zero-order chi connectivity index (χ0) is 22.5. The maximum Gasteiger partial charge on any atom is 0.211 e. The molecule has 7 heteroatoms. The first-order valence-electron chi connectivity index (χ1n) is 9.82. The summed E-state index contributed by atoms with van der Waals surface area (Å²) in [7, 11) is 3.16. The van der Waals surface area contributed by atoms with Crippen molar-refractivity contribution < 1.29 is 14.4 Å². The third-order valence-corrected chi connectivity index (χ3v) is 5.51. The van der Waals surface area contributed by atoms with E-state index in [1.807, 2.05) is 35.0 Å². The van der Waals surface area contributed by atoms with E-state index in [2.05, 4.69) is 13.2 Å². The highest BCUT2D eigenvalue weighted by Crippen LogP contribution is 2.46. The molecule has 0 bridgehead atoms. The summed E-state index contributed by atoms with van der Waals surface area (Å²) in [6.07, 6.45) is 5.94. The van der Waals surface area contributed by atoms with Crippen LogP contribution in [0.2, 0.25) is 5.02 Å². The molecule has 2 aromatic carbocycles. The Balaban J connectivity index is 2.44. The van der Waals surface area contributed by atoms with Gasteiger partial charge in [-0.1, -0.05) is 35.9 Å². The number of ether oxygens (including phenoxy) is 2. The molecular formula is C24H25ClN2O4. The Morgan fingerprint density at radius 1 is 1.16 bits per heavy atom. The first-order chi connectivity index (χ1) is 14.9. The monoisotopic (exact) mass is 440 g/mol. The molecule has 0 aliphatic rings. The van der Waals surface area contributed by atoms with Gasteiger partial charge in [-0.3, -0.25) is 10.1 Å². The number of rotatable bonds is 10. The summed E-state index contributed by atoms with van der Waals surface area (Å²) < 4.78 is 13.4. The normalized spacial score (nSPS) is 11.8. The summed E-state index contributed by atoms with van der Waals surface area (Å²) in [5.74, 6) is 0.762. The van der Waals surface area contributed by atoms with Gasteiger partial charge in [-0.05, 0) is 24.1 Å². The van der Waals surface area contributed by atoms with E-state index < -0.39 is 5.92 Å². The van der Waals surface area contributed by atoms with Gasteiger partial charge in [0.25, 0.3) is 0 Å². The van der Waals surface area contributed by atoms with Crippen LogP contribution in [0.4, 0.5) is 0 Å². The van der Waals surface area contributed by atoms with Crippen molar-refractivity contribution in [1.29, 1.82) is 0 Å². The third-order valence-electron chi connectivity index (χ3n) is 5.26. The highest BCUT2D eigenvalue weighted by Gasteiger charge is 2.28.